The topological polar surface area (TPSA) is 46.3 Å². The Hall–Kier alpha value is -0.570. The summed E-state index contributed by atoms with van der Waals surface area (Å²) in [5.74, 6) is -0.176. The lowest BCUT2D eigenvalue weighted by molar-refractivity contribution is -0.118. The van der Waals surface area contributed by atoms with E-state index in [4.69, 9.17) is 5.73 Å². The van der Waals surface area contributed by atoms with Gasteiger partial charge in [-0.05, 0) is 25.9 Å². The smallest absolute Gasteiger partial charge is 0.218 e. The molecule has 1 amide bonds. The largest absolute Gasteiger partial charge is 0.370 e. The highest BCUT2D eigenvalue weighted by Gasteiger charge is 2.07. The van der Waals surface area contributed by atoms with Gasteiger partial charge in [0, 0.05) is 13.0 Å². The summed E-state index contributed by atoms with van der Waals surface area (Å²) in [5, 5.41) is 0. The zero-order chi connectivity index (χ0) is 10.2. The molecule has 2 N–H and O–H groups in total. The lowest BCUT2D eigenvalue weighted by Gasteiger charge is -2.20. The lowest BCUT2D eigenvalue weighted by atomic mass is 10.1. The van der Waals surface area contributed by atoms with E-state index in [0.29, 0.717) is 6.42 Å². The summed E-state index contributed by atoms with van der Waals surface area (Å²) in [4.78, 5) is 13.0. The molecule has 1 fully saturated rings. The van der Waals surface area contributed by atoms with Crippen LogP contribution in [-0.2, 0) is 4.79 Å². The van der Waals surface area contributed by atoms with E-state index in [1.807, 2.05) is 0 Å². The molecule has 0 radical (unpaired) electrons. The van der Waals surface area contributed by atoms with Gasteiger partial charge in [-0.15, -0.1) is 0 Å². The predicted octanol–water partition coefficient (Wildman–Crippen LogP) is 1.52. The normalized spacial score (nSPS) is 20.9. The first-order chi connectivity index (χ1) is 6.79. The van der Waals surface area contributed by atoms with E-state index in [0.717, 1.165) is 19.6 Å². The van der Waals surface area contributed by atoms with Crippen LogP contribution in [0, 0.1) is 0 Å². The first-order valence-corrected chi connectivity index (χ1v) is 5.80. The first-order valence-electron chi connectivity index (χ1n) is 5.80. The molecule has 1 heterocycles. The number of hydrogen-bond donors (Lipinski definition) is 1. The Kier molecular flexibility index (Phi) is 5.60. The van der Waals surface area contributed by atoms with Crippen molar-refractivity contribution in [3.05, 3.63) is 0 Å². The standard InChI is InChI=1S/C11H22N2O/c12-11(14)7-10-13-8-5-3-1-2-4-6-9-13/h1-10H2,(H2,12,14). The van der Waals surface area contributed by atoms with Crippen LogP contribution in [0.4, 0.5) is 0 Å². The van der Waals surface area contributed by atoms with Crippen molar-refractivity contribution in [3.8, 4) is 0 Å². The number of hydrogen-bond acceptors (Lipinski definition) is 2. The van der Waals surface area contributed by atoms with Gasteiger partial charge in [-0.2, -0.15) is 0 Å². The third-order valence-corrected chi connectivity index (χ3v) is 2.87. The molecule has 3 nitrogen and oxygen atoms in total. The van der Waals surface area contributed by atoms with Crippen molar-refractivity contribution in [2.24, 2.45) is 5.73 Å². The van der Waals surface area contributed by atoms with E-state index in [9.17, 15) is 4.79 Å². The molecule has 0 aliphatic carbocycles. The second-order valence-corrected chi connectivity index (χ2v) is 4.18. The molecule has 1 rings (SSSR count). The van der Waals surface area contributed by atoms with Gasteiger partial charge < -0.3 is 10.6 Å². The van der Waals surface area contributed by atoms with Gasteiger partial charge in [0.05, 0.1) is 0 Å². The number of primary amides is 1. The van der Waals surface area contributed by atoms with Crippen LogP contribution in [-0.4, -0.2) is 30.4 Å². The summed E-state index contributed by atoms with van der Waals surface area (Å²) in [5.41, 5.74) is 5.14. The predicted molar refractivity (Wildman–Crippen MR) is 58.0 cm³/mol. The van der Waals surface area contributed by atoms with Gasteiger partial charge in [0.1, 0.15) is 0 Å². The highest BCUT2D eigenvalue weighted by atomic mass is 16.1. The fourth-order valence-electron chi connectivity index (χ4n) is 1.98. The van der Waals surface area contributed by atoms with Crippen molar-refractivity contribution in [1.29, 1.82) is 0 Å². The molecule has 14 heavy (non-hydrogen) atoms. The van der Waals surface area contributed by atoms with Crippen LogP contribution in [0.2, 0.25) is 0 Å². The summed E-state index contributed by atoms with van der Waals surface area (Å²) < 4.78 is 0. The highest BCUT2D eigenvalue weighted by molar-refractivity contribution is 5.73. The number of nitrogens with zero attached hydrogens (tertiary/aromatic N) is 1. The van der Waals surface area contributed by atoms with Crippen LogP contribution < -0.4 is 5.73 Å². The van der Waals surface area contributed by atoms with Gasteiger partial charge in [0.15, 0.2) is 0 Å². The van der Waals surface area contributed by atoms with Crippen LogP contribution in [0.25, 0.3) is 0 Å². The van der Waals surface area contributed by atoms with Crippen LogP contribution >= 0.6 is 0 Å². The Morgan fingerprint density at radius 2 is 1.50 bits per heavy atom. The summed E-state index contributed by atoms with van der Waals surface area (Å²) >= 11 is 0. The Labute approximate surface area is 86.6 Å². The molecule has 1 aliphatic rings. The van der Waals surface area contributed by atoms with Crippen LogP contribution in [0.1, 0.15) is 44.9 Å². The van der Waals surface area contributed by atoms with Crippen molar-refractivity contribution in [1.82, 2.24) is 4.90 Å². The van der Waals surface area contributed by atoms with Crippen molar-refractivity contribution in [2.75, 3.05) is 19.6 Å². The molecule has 1 aliphatic heterocycles. The van der Waals surface area contributed by atoms with E-state index < -0.39 is 0 Å². The zero-order valence-corrected chi connectivity index (χ0v) is 9.00. The van der Waals surface area contributed by atoms with E-state index in [-0.39, 0.29) is 5.91 Å². The Bertz CT molecular complexity index is 161. The Morgan fingerprint density at radius 3 is 2.00 bits per heavy atom. The molecule has 82 valence electrons. The average molecular weight is 198 g/mol. The molecule has 0 saturated carbocycles. The quantitative estimate of drug-likeness (QED) is 0.747. The molecule has 0 aromatic carbocycles. The van der Waals surface area contributed by atoms with Gasteiger partial charge in [-0.25, -0.2) is 0 Å². The van der Waals surface area contributed by atoms with E-state index >= 15 is 0 Å². The van der Waals surface area contributed by atoms with Crippen molar-refractivity contribution >= 4 is 5.91 Å². The molecule has 3 heteroatoms. The number of amides is 1. The lowest BCUT2D eigenvalue weighted by Crippen LogP contribution is -2.29. The van der Waals surface area contributed by atoms with E-state index in [2.05, 4.69) is 4.90 Å². The number of rotatable bonds is 3. The molecular formula is C11H22N2O. The van der Waals surface area contributed by atoms with Crippen LogP contribution in [0.3, 0.4) is 0 Å². The summed E-state index contributed by atoms with van der Waals surface area (Å²) in [6.07, 6.45) is 8.50. The zero-order valence-electron chi connectivity index (χ0n) is 9.00. The highest BCUT2D eigenvalue weighted by Crippen LogP contribution is 2.11. The summed E-state index contributed by atoms with van der Waals surface area (Å²) in [7, 11) is 0. The molecule has 0 atom stereocenters. The number of nitrogens with two attached hydrogens (primary N) is 1. The average Bonchev–Trinajstić information content (AvgIpc) is 2.27. The minimum atomic E-state index is -0.176. The van der Waals surface area contributed by atoms with Gasteiger partial charge in [-0.3, -0.25) is 4.79 Å². The molecule has 0 aromatic heterocycles. The molecule has 0 spiro atoms. The Morgan fingerprint density at radius 1 is 1.00 bits per heavy atom. The molecule has 0 bridgehead atoms. The second kappa shape index (κ2) is 6.82. The fourth-order valence-corrected chi connectivity index (χ4v) is 1.98. The number of carbonyl (C=O) groups excluding carboxylic acids is 1. The monoisotopic (exact) mass is 198 g/mol. The maximum absolute atomic E-state index is 10.7. The number of carbonyl (C=O) groups is 1. The van der Waals surface area contributed by atoms with Gasteiger partial charge in [-0.1, -0.05) is 25.7 Å². The summed E-state index contributed by atoms with van der Waals surface area (Å²) in [6, 6.07) is 0. The molecule has 0 unspecified atom stereocenters. The van der Waals surface area contributed by atoms with E-state index in [1.165, 1.54) is 38.5 Å². The van der Waals surface area contributed by atoms with Gasteiger partial charge in [0.2, 0.25) is 5.91 Å². The fraction of sp³-hybridized carbons (Fsp3) is 0.909. The van der Waals surface area contributed by atoms with E-state index in [1.54, 1.807) is 0 Å². The first kappa shape index (κ1) is 11.5. The van der Waals surface area contributed by atoms with Crippen molar-refractivity contribution in [3.63, 3.8) is 0 Å². The van der Waals surface area contributed by atoms with Crippen LogP contribution in [0.15, 0.2) is 0 Å². The minimum absolute atomic E-state index is 0.176. The second-order valence-electron chi connectivity index (χ2n) is 4.18. The minimum Gasteiger partial charge on any atom is -0.370 e. The SMILES string of the molecule is NC(=O)CCN1CCCCCCCC1. The maximum Gasteiger partial charge on any atom is 0.218 e. The Balaban J connectivity index is 2.21. The van der Waals surface area contributed by atoms with Crippen molar-refractivity contribution in [2.45, 2.75) is 44.9 Å². The molecule has 0 aromatic rings. The van der Waals surface area contributed by atoms with Gasteiger partial charge in [0.25, 0.3) is 0 Å². The van der Waals surface area contributed by atoms with Gasteiger partial charge >= 0.3 is 0 Å². The maximum atomic E-state index is 10.7. The third-order valence-electron chi connectivity index (χ3n) is 2.87. The molecular weight excluding hydrogens is 176 g/mol. The van der Waals surface area contributed by atoms with Crippen LogP contribution in [0.5, 0.6) is 0 Å². The summed E-state index contributed by atoms with van der Waals surface area (Å²) in [6.45, 7) is 3.15. The third kappa shape index (κ3) is 5.22. The molecule has 1 saturated heterocycles. The van der Waals surface area contributed by atoms with Crippen molar-refractivity contribution < 1.29 is 4.79 Å².